The lowest BCUT2D eigenvalue weighted by molar-refractivity contribution is -0.139. The van der Waals surface area contributed by atoms with Crippen molar-refractivity contribution < 1.29 is 9.90 Å². The van der Waals surface area contributed by atoms with E-state index in [0.717, 1.165) is 11.4 Å². The van der Waals surface area contributed by atoms with E-state index in [1.807, 2.05) is 18.2 Å². The molecule has 94 valence electrons. The fourth-order valence-electron chi connectivity index (χ4n) is 1.59. The summed E-state index contributed by atoms with van der Waals surface area (Å²) in [7, 11) is 0. The van der Waals surface area contributed by atoms with Crippen molar-refractivity contribution in [2.45, 2.75) is 19.0 Å². The summed E-state index contributed by atoms with van der Waals surface area (Å²) in [5, 5.41) is 12.1. The van der Waals surface area contributed by atoms with Crippen LogP contribution < -0.4 is 5.32 Å². The monoisotopic (exact) mass is 246 g/mol. The molecule has 0 spiro atoms. The number of H-pyrrole nitrogens is 1. The van der Waals surface area contributed by atoms with Crippen LogP contribution in [0.3, 0.4) is 0 Å². The molecule has 0 fully saturated rings. The van der Waals surface area contributed by atoms with Crippen molar-refractivity contribution in [3.05, 3.63) is 48.3 Å². The number of pyridine rings is 1. The summed E-state index contributed by atoms with van der Waals surface area (Å²) < 4.78 is 0. The molecule has 0 unspecified atom stereocenters. The summed E-state index contributed by atoms with van der Waals surface area (Å²) in [6.45, 7) is 0.423. The van der Waals surface area contributed by atoms with Crippen LogP contribution in [0.1, 0.15) is 11.4 Å². The Balaban J connectivity index is 1.93. The SMILES string of the molecule is O=C(O)[C@H](Cc1cnc[nH]1)NCc1ccccn1. The van der Waals surface area contributed by atoms with Gasteiger partial charge in [0, 0.05) is 31.1 Å². The first-order valence-corrected chi connectivity index (χ1v) is 5.59. The number of aromatic nitrogens is 3. The predicted molar refractivity (Wildman–Crippen MR) is 64.8 cm³/mol. The number of nitrogens with one attached hydrogen (secondary N) is 2. The minimum atomic E-state index is -0.888. The van der Waals surface area contributed by atoms with Gasteiger partial charge in [-0.2, -0.15) is 0 Å². The largest absolute Gasteiger partial charge is 0.480 e. The third-order valence-corrected chi connectivity index (χ3v) is 2.53. The Kier molecular flexibility index (Phi) is 4.03. The second-order valence-corrected chi connectivity index (χ2v) is 3.87. The summed E-state index contributed by atoms with van der Waals surface area (Å²) in [4.78, 5) is 22.0. The van der Waals surface area contributed by atoms with E-state index in [2.05, 4.69) is 20.3 Å². The van der Waals surface area contributed by atoms with Crippen LogP contribution in [0.25, 0.3) is 0 Å². The highest BCUT2D eigenvalue weighted by atomic mass is 16.4. The van der Waals surface area contributed by atoms with E-state index in [9.17, 15) is 4.79 Å². The summed E-state index contributed by atoms with van der Waals surface area (Å²) in [6.07, 6.45) is 5.20. The van der Waals surface area contributed by atoms with E-state index >= 15 is 0 Å². The van der Waals surface area contributed by atoms with Gasteiger partial charge in [0.1, 0.15) is 6.04 Å². The topological polar surface area (TPSA) is 90.9 Å². The van der Waals surface area contributed by atoms with E-state index in [1.54, 1.807) is 12.4 Å². The Labute approximate surface area is 104 Å². The molecular weight excluding hydrogens is 232 g/mol. The van der Waals surface area contributed by atoms with Crippen molar-refractivity contribution in [1.29, 1.82) is 0 Å². The molecule has 0 bridgehead atoms. The maximum Gasteiger partial charge on any atom is 0.321 e. The van der Waals surface area contributed by atoms with Crippen LogP contribution in [-0.2, 0) is 17.8 Å². The molecule has 6 heteroatoms. The van der Waals surface area contributed by atoms with Crippen molar-refractivity contribution in [3.8, 4) is 0 Å². The van der Waals surface area contributed by atoms with E-state index in [1.165, 1.54) is 6.33 Å². The Morgan fingerprint density at radius 1 is 1.50 bits per heavy atom. The molecule has 2 heterocycles. The lowest BCUT2D eigenvalue weighted by Crippen LogP contribution is -2.38. The average molecular weight is 246 g/mol. The first-order valence-electron chi connectivity index (χ1n) is 5.59. The van der Waals surface area contributed by atoms with Gasteiger partial charge in [-0.25, -0.2) is 4.98 Å². The number of nitrogens with zero attached hydrogens (tertiary/aromatic N) is 2. The number of imidazole rings is 1. The lowest BCUT2D eigenvalue weighted by atomic mass is 10.1. The quantitative estimate of drug-likeness (QED) is 0.694. The molecule has 6 nitrogen and oxygen atoms in total. The van der Waals surface area contributed by atoms with Crippen LogP contribution in [0.5, 0.6) is 0 Å². The van der Waals surface area contributed by atoms with Gasteiger partial charge in [0.05, 0.1) is 12.0 Å². The Bertz CT molecular complexity index is 484. The summed E-state index contributed by atoms with van der Waals surface area (Å²) in [5.74, 6) is -0.888. The van der Waals surface area contributed by atoms with Crippen LogP contribution in [0.4, 0.5) is 0 Å². The summed E-state index contributed by atoms with van der Waals surface area (Å²) in [5.41, 5.74) is 1.60. The smallest absolute Gasteiger partial charge is 0.321 e. The van der Waals surface area contributed by atoms with Crippen LogP contribution in [0, 0.1) is 0 Å². The first kappa shape index (κ1) is 12.3. The third kappa shape index (κ3) is 3.39. The van der Waals surface area contributed by atoms with Crippen molar-refractivity contribution in [3.63, 3.8) is 0 Å². The van der Waals surface area contributed by atoms with Gasteiger partial charge in [0.2, 0.25) is 0 Å². The van der Waals surface area contributed by atoms with Gasteiger partial charge >= 0.3 is 5.97 Å². The highest BCUT2D eigenvalue weighted by molar-refractivity contribution is 5.73. The molecular formula is C12H14N4O2. The molecule has 2 aromatic rings. The molecule has 3 N–H and O–H groups in total. The van der Waals surface area contributed by atoms with Gasteiger partial charge < -0.3 is 10.1 Å². The van der Waals surface area contributed by atoms with Crippen LogP contribution >= 0.6 is 0 Å². The Hall–Kier alpha value is -2.21. The minimum absolute atomic E-state index is 0.363. The average Bonchev–Trinajstić information content (AvgIpc) is 2.88. The molecule has 0 amide bonds. The zero-order chi connectivity index (χ0) is 12.8. The lowest BCUT2D eigenvalue weighted by Gasteiger charge is -2.13. The van der Waals surface area contributed by atoms with Gasteiger partial charge in [-0.05, 0) is 12.1 Å². The fraction of sp³-hybridized carbons (Fsp3) is 0.250. The number of hydrogen-bond acceptors (Lipinski definition) is 4. The van der Waals surface area contributed by atoms with Crippen molar-refractivity contribution >= 4 is 5.97 Å². The van der Waals surface area contributed by atoms with Gasteiger partial charge in [0.15, 0.2) is 0 Å². The van der Waals surface area contributed by atoms with Gasteiger partial charge in [-0.15, -0.1) is 0 Å². The van der Waals surface area contributed by atoms with Gasteiger partial charge in [-0.3, -0.25) is 15.1 Å². The molecule has 2 rings (SSSR count). The zero-order valence-corrected chi connectivity index (χ0v) is 9.71. The molecule has 0 aliphatic carbocycles. The zero-order valence-electron chi connectivity index (χ0n) is 9.71. The molecule has 0 saturated carbocycles. The highest BCUT2D eigenvalue weighted by Gasteiger charge is 2.17. The summed E-state index contributed by atoms with van der Waals surface area (Å²) >= 11 is 0. The van der Waals surface area contributed by atoms with Crippen molar-refractivity contribution in [2.24, 2.45) is 0 Å². The van der Waals surface area contributed by atoms with Crippen molar-refractivity contribution in [2.75, 3.05) is 0 Å². The maximum absolute atomic E-state index is 11.1. The minimum Gasteiger partial charge on any atom is -0.480 e. The number of carboxylic acid groups (broad SMARTS) is 1. The number of hydrogen-bond donors (Lipinski definition) is 3. The fourth-order valence-corrected chi connectivity index (χ4v) is 1.59. The second kappa shape index (κ2) is 5.92. The number of carboxylic acids is 1. The normalized spacial score (nSPS) is 12.2. The molecule has 0 saturated heterocycles. The van der Waals surface area contributed by atoms with Crippen molar-refractivity contribution in [1.82, 2.24) is 20.3 Å². The van der Waals surface area contributed by atoms with E-state index in [-0.39, 0.29) is 0 Å². The van der Waals surface area contributed by atoms with Crippen LogP contribution in [0.2, 0.25) is 0 Å². The standard InChI is InChI=1S/C12H14N4O2/c17-12(18)11(5-10-6-13-8-16-10)15-7-9-3-1-2-4-14-9/h1-4,6,8,11,15H,5,7H2,(H,13,16)(H,17,18)/t11-/m0/s1. The molecule has 0 aliphatic rings. The number of carbonyl (C=O) groups is 1. The van der Waals surface area contributed by atoms with Crippen LogP contribution in [0.15, 0.2) is 36.9 Å². The highest BCUT2D eigenvalue weighted by Crippen LogP contribution is 2.00. The molecule has 0 radical (unpaired) electrons. The van der Waals surface area contributed by atoms with E-state index in [4.69, 9.17) is 5.11 Å². The Morgan fingerprint density at radius 2 is 2.39 bits per heavy atom. The molecule has 18 heavy (non-hydrogen) atoms. The third-order valence-electron chi connectivity index (χ3n) is 2.53. The second-order valence-electron chi connectivity index (χ2n) is 3.87. The summed E-state index contributed by atoms with van der Waals surface area (Å²) in [6, 6.07) is 4.88. The number of rotatable bonds is 6. The molecule has 2 aromatic heterocycles. The van der Waals surface area contributed by atoms with E-state index in [0.29, 0.717) is 13.0 Å². The molecule has 0 aromatic carbocycles. The number of aromatic amines is 1. The molecule has 1 atom stereocenters. The van der Waals surface area contributed by atoms with Gasteiger partial charge in [0.25, 0.3) is 0 Å². The number of aliphatic carboxylic acids is 1. The maximum atomic E-state index is 11.1. The van der Waals surface area contributed by atoms with E-state index < -0.39 is 12.0 Å². The Morgan fingerprint density at radius 3 is 3.00 bits per heavy atom. The predicted octanol–water partition coefficient (Wildman–Crippen LogP) is 0.590. The molecule has 0 aliphatic heterocycles. The first-order chi connectivity index (χ1) is 8.75. The van der Waals surface area contributed by atoms with Crippen LogP contribution in [-0.4, -0.2) is 32.1 Å². The van der Waals surface area contributed by atoms with Gasteiger partial charge in [-0.1, -0.05) is 6.07 Å².